The quantitative estimate of drug-likeness (QED) is 0.177. The number of benzene rings is 8. The van der Waals surface area contributed by atoms with Crippen LogP contribution in [0.15, 0.2) is 180 Å². The predicted molar refractivity (Wildman–Crippen MR) is 230 cm³/mol. The van der Waals surface area contributed by atoms with Crippen molar-refractivity contribution in [3.05, 3.63) is 187 Å². The number of fused-ring (bicyclic) bond motifs is 10. The second kappa shape index (κ2) is 11.8. The van der Waals surface area contributed by atoms with Crippen molar-refractivity contribution in [3.8, 4) is 33.4 Å². The molecule has 0 unspecified atom stereocenters. The maximum atomic E-state index is 6.58. The monoisotopic (exact) mass is 709 g/mol. The van der Waals surface area contributed by atoms with Crippen LogP contribution in [0.4, 0.5) is 17.1 Å². The van der Waals surface area contributed by atoms with Gasteiger partial charge in [-0.1, -0.05) is 135 Å². The number of furan rings is 1. The molecule has 0 amide bonds. The highest BCUT2D eigenvalue weighted by atomic mass is 32.1. The summed E-state index contributed by atoms with van der Waals surface area (Å²) in [7, 11) is 0. The van der Waals surface area contributed by atoms with Gasteiger partial charge in [0, 0.05) is 59.0 Å². The van der Waals surface area contributed by atoms with Crippen molar-refractivity contribution in [2.45, 2.75) is 19.3 Å². The van der Waals surface area contributed by atoms with Crippen molar-refractivity contribution in [3.63, 3.8) is 0 Å². The minimum atomic E-state index is -0.0971. The van der Waals surface area contributed by atoms with Gasteiger partial charge in [-0.2, -0.15) is 0 Å². The second-order valence-corrected chi connectivity index (χ2v) is 15.9. The zero-order valence-electron chi connectivity index (χ0n) is 30.0. The van der Waals surface area contributed by atoms with Crippen LogP contribution in [0.2, 0.25) is 0 Å². The van der Waals surface area contributed by atoms with E-state index in [-0.39, 0.29) is 5.41 Å². The van der Waals surface area contributed by atoms with E-state index in [1.807, 2.05) is 11.3 Å². The molecule has 256 valence electrons. The summed E-state index contributed by atoms with van der Waals surface area (Å²) in [4.78, 5) is 2.40. The first kappa shape index (κ1) is 31.1. The maximum absolute atomic E-state index is 6.58. The number of anilines is 3. The Kier molecular flexibility index (Phi) is 6.80. The normalized spacial score (nSPS) is 13.1. The van der Waals surface area contributed by atoms with Crippen molar-refractivity contribution >= 4 is 70.5 Å². The Hall–Kier alpha value is -6.42. The van der Waals surface area contributed by atoms with Gasteiger partial charge in [-0.15, -0.1) is 11.3 Å². The molecule has 2 nitrogen and oxygen atoms in total. The smallest absolute Gasteiger partial charge is 0.144 e. The highest BCUT2D eigenvalue weighted by Gasteiger charge is 2.35. The molecule has 0 N–H and O–H groups in total. The minimum absolute atomic E-state index is 0.0971. The average Bonchev–Trinajstić information content (AvgIpc) is 3.87. The van der Waals surface area contributed by atoms with Crippen LogP contribution in [-0.2, 0) is 5.41 Å². The molecule has 0 aliphatic heterocycles. The van der Waals surface area contributed by atoms with Crippen LogP contribution < -0.4 is 4.90 Å². The molecule has 8 aromatic carbocycles. The lowest BCUT2D eigenvalue weighted by atomic mass is 9.82. The van der Waals surface area contributed by atoms with Gasteiger partial charge >= 0.3 is 0 Å². The van der Waals surface area contributed by atoms with Gasteiger partial charge in [0.15, 0.2) is 0 Å². The van der Waals surface area contributed by atoms with Crippen LogP contribution >= 0.6 is 11.3 Å². The van der Waals surface area contributed by atoms with E-state index in [4.69, 9.17) is 4.42 Å². The minimum Gasteiger partial charge on any atom is -0.455 e. The van der Waals surface area contributed by atoms with Crippen molar-refractivity contribution in [1.82, 2.24) is 0 Å². The Labute approximate surface area is 318 Å². The van der Waals surface area contributed by atoms with E-state index in [0.717, 1.165) is 39.0 Å². The van der Waals surface area contributed by atoms with Gasteiger partial charge in [0.1, 0.15) is 11.2 Å². The van der Waals surface area contributed by atoms with E-state index in [1.165, 1.54) is 64.7 Å². The molecule has 3 heteroatoms. The first-order chi connectivity index (χ1) is 26.5. The number of thiophene rings is 1. The third-order valence-electron chi connectivity index (χ3n) is 11.5. The summed E-state index contributed by atoms with van der Waals surface area (Å²) < 4.78 is 9.10. The lowest BCUT2D eigenvalue weighted by molar-refractivity contribution is 0.660. The Morgan fingerprint density at radius 2 is 1.07 bits per heavy atom. The molecule has 2 aromatic heterocycles. The van der Waals surface area contributed by atoms with Gasteiger partial charge in [-0.05, 0) is 93.5 Å². The van der Waals surface area contributed by atoms with E-state index < -0.39 is 0 Å². The fraction of sp³-hybridized carbons (Fsp3) is 0.0588. The molecule has 0 spiro atoms. The Balaban J connectivity index is 1.07. The summed E-state index contributed by atoms with van der Waals surface area (Å²) in [6.45, 7) is 4.70. The molecular weight excluding hydrogens is 675 g/mol. The molecule has 0 fully saturated rings. The molecule has 54 heavy (non-hydrogen) atoms. The summed E-state index contributed by atoms with van der Waals surface area (Å²) >= 11 is 1.85. The molecule has 10 aromatic rings. The lowest BCUT2D eigenvalue weighted by Gasteiger charge is -2.28. The first-order valence-electron chi connectivity index (χ1n) is 18.6. The van der Waals surface area contributed by atoms with Crippen molar-refractivity contribution < 1.29 is 4.42 Å². The van der Waals surface area contributed by atoms with Gasteiger partial charge in [0.05, 0.1) is 0 Å². The molecule has 0 bridgehead atoms. The largest absolute Gasteiger partial charge is 0.455 e. The van der Waals surface area contributed by atoms with E-state index in [2.05, 4.69) is 195 Å². The predicted octanol–water partition coefficient (Wildman–Crippen LogP) is 15.1. The third-order valence-corrected chi connectivity index (χ3v) is 12.7. The Morgan fingerprint density at radius 1 is 0.463 bits per heavy atom. The fourth-order valence-electron chi connectivity index (χ4n) is 8.78. The highest BCUT2D eigenvalue weighted by molar-refractivity contribution is 7.26. The molecule has 0 saturated carbocycles. The van der Waals surface area contributed by atoms with Crippen LogP contribution in [0.25, 0.3) is 75.5 Å². The first-order valence-corrected chi connectivity index (χ1v) is 19.4. The SMILES string of the molecule is CC1(C)c2ccccc2-c2ccc(N(c3ccc(-c4ccccc4)cc3)c3ccc(-c4cc5c6ccccc6oc5c5c4sc4ccccc45)cc3)cc21. The van der Waals surface area contributed by atoms with Crippen LogP contribution in [0.5, 0.6) is 0 Å². The summed E-state index contributed by atoms with van der Waals surface area (Å²) in [5, 5.41) is 4.74. The lowest BCUT2D eigenvalue weighted by Crippen LogP contribution is -2.16. The molecule has 11 rings (SSSR count). The van der Waals surface area contributed by atoms with E-state index >= 15 is 0 Å². The topological polar surface area (TPSA) is 16.4 Å². The van der Waals surface area contributed by atoms with Gasteiger partial charge in [0.2, 0.25) is 0 Å². The summed E-state index contributed by atoms with van der Waals surface area (Å²) in [6.07, 6.45) is 0. The van der Waals surface area contributed by atoms with Gasteiger partial charge in [-0.25, -0.2) is 0 Å². The van der Waals surface area contributed by atoms with Crippen LogP contribution in [0.3, 0.4) is 0 Å². The molecule has 0 radical (unpaired) electrons. The van der Waals surface area contributed by atoms with Gasteiger partial charge in [0.25, 0.3) is 0 Å². The van der Waals surface area contributed by atoms with E-state index in [0.29, 0.717) is 0 Å². The van der Waals surface area contributed by atoms with Crippen LogP contribution in [0.1, 0.15) is 25.0 Å². The van der Waals surface area contributed by atoms with Gasteiger partial charge < -0.3 is 9.32 Å². The third kappa shape index (κ3) is 4.65. The zero-order valence-corrected chi connectivity index (χ0v) is 30.8. The van der Waals surface area contributed by atoms with E-state index in [1.54, 1.807) is 0 Å². The van der Waals surface area contributed by atoms with Crippen molar-refractivity contribution in [2.24, 2.45) is 0 Å². The molecule has 1 aliphatic rings. The standard InChI is InChI=1S/C51H35NOS/c1-51(2)44-17-9-6-14-38(44)39-29-28-37(30-45(39)51)52(35-24-20-33(21-25-35)32-12-4-3-5-13-32)36-26-22-34(23-27-36)42-31-43-40-15-7-10-18-46(40)53-49(43)48-41-16-8-11-19-47(41)54-50(42)48/h3-31H,1-2H3. The number of para-hydroxylation sites is 1. The van der Waals surface area contributed by atoms with Crippen molar-refractivity contribution in [2.75, 3.05) is 4.90 Å². The van der Waals surface area contributed by atoms with Crippen LogP contribution in [-0.4, -0.2) is 0 Å². The highest BCUT2D eigenvalue weighted by Crippen LogP contribution is 2.51. The van der Waals surface area contributed by atoms with Crippen molar-refractivity contribution in [1.29, 1.82) is 0 Å². The maximum Gasteiger partial charge on any atom is 0.144 e. The molecular formula is C51H35NOS. The zero-order chi connectivity index (χ0) is 36.0. The number of hydrogen-bond acceptors (Lipinski definition) is 3. The molecule has 0 saturated heterocycles. The van der Waals surface area contributed by atoms with E-state index in [9.17, 15) is 0 Å². The number of hydrogen-bond donors (Lipinski definition) is 0. The average molecular weight is 710 g/mol. The number of nitrogens with zero attached hydrogens (tertiary/aromatic N) is 1. The molecule has 0 atom stereocenters. The second-order valence-electron chi connectivity index (χ2n) is 14.9. The Bertz CT molecular complexity index is 3060. The van der Waals surface area contributed by atoms with Crippen LogP contribution in [0, 0.1) is 0 Å². The Morgan fingerprint density at radius 3 is 1.87 bits per heavy atom. The summed E-state index contributed by atoms with van der Waals surface area (Å²) in [6, 6.07) is 64.0. The number of rotatable bonds is 5. The summed E-state index contributed by atoms with van der Waals surface area (Å²) in [5.41, 5.74) is 15.4. The molecule has 2 heterocycles. The van der Waals surface area contributed by atoms with Gasteiger partial charge in [-0.3, -0.25) is 0 Å². The fourth-order valence-corrected chi connectivity index (χ4v) is 10.0. The summed E-state index contributed by atoms with van der Waals surface area (Å²) in [5.74, 6) is 0. The molecule has 1 aliphatic carbocycles.